The molecular weight excluding hydrogens is 450 g/mol. The van der Waals surface area contributed by atoms with Crippen LogP contribution in [0.2, 0.25) is 0 Å². The monoisotopic (exact) mass is 477 g/mol. The van der Waals surface area contributed by atoms with Crippen LogP contribution in [-0.2, 0) is 20.1 Å². The van der Waals surface area contributed by atoms with Gasteiger partial charge in [-0.25, -0.2) is 0 Å². The predicted octanol–water partition coefficient (Wildman–Crippen LogP) is 8.62. The average Bonchev–Trinajstić information content (AvgIpc) is 3.55. The minimum absolute atomic E-state index is 0.834. The summed E-state index contributed by atoms with van der Waals surface area (Å²) in [6, 6.07) is 38.1. The molecule has 0 aliphatic carbocycles. The molecular formula is C34H27N3. The Morgan fingerprint density at radius 3 is 1.68 bits per heavy atom. The third-order valence-electron chi connectivity index (χ3n) is 8.31. The van der Waals surface area contributed by atoms with E-state index in [1.165, 1.54) is 71.0 Å². The quantitative estimate of drug-likeness (QED) is 0.242. The van der Waals surface area contributed by atoms with E-state index >= 15 is 0 Å². The first-order chi connectivity index (χ1) is 18.2. The Morgan fingerprint density at radius 2 is 1.00 bits per heavy atom. The summed E-state index contributed by atoms with van der Waals surface area (Å²) in [6.07, 6.45) is 0. The van der Waals surface area contributed by atoms with Crippen LogP contribution in [0.4, 0.5) is 0 Å². The van der Waals surface area contributed by atoms with E-state index in [0.29, 0.717) is 0 Å². The number of nitrogens with zero attached hydrogens (tertiary/aromatic N) is 3. The van der Waals surface area contributed by atoms with Crippen molar-refractivity contribution in [3.05, 3.63) is 109 Å². The zero-order valence-electron chi connectivity index (χ0n) is 21.1. The largest absolute Gasteiger partial charge is 0.344 e. The van der Waals surface area contributed by atoms with Crippen LogP contribution in [0.15, 0.2) is 103 Å². The van der Waals surface area contributed by atoms with Gasteiger partial charge in [-0.05, 0) is 55.0 Å². The normalized spacial score (nSPS) is 12.3. The van der Waals surface area contributed by atoms with Gasteiger partial charge in [0.2, 0.25) is 0 Å². The molecule has 0 N–H and O–H groups in total. The van der Waals surface area contributed by atoms with E-state index in [2.05, 4.69) is 131 Å². The van der Waals surface area contributed by atoms with Crippen LogP contribution < -0.4 is 0 Å². The van der Waals surface area contributed by atoms with Gasteiger partial charge in [0.15, 0.2) is 0 Å². The molecule has 0 unspecified atom stereocenters. The highest BCUT2D eigenvalue weighted by atomic mass is 15.0. The molecule has 0 atom stereocenters. The molecule has 0 fully saturated rings. The van der Waals surface area contributed by atoms with Crippen molar-refractivity contribution in [2.24, 2.45) is 7.05 Å². The van der Waals surface area contributed by atoms with Gasteiger partial charge < -0.3 is 13.7 Å². The molecule has 0 saturated heterocycles. The fourth-order valence-corrected chi connectivity index (χ4v) is 6.68. The van der Waals surface area contributed by atoms with Crippen molar-refractivity contribution in [1.29, 1.82) is 0 Å². The zero-order valence-corrected chi connectivity index (χ0v) is 21.1. The van der Waals surface area contributed by atoms with Crippen molar-refractivity contribution >= 4 is 65.4 Å². The summed E-state index contributed by atoms with van der Waals surface area (Å²) >= 11 is 0. The zero-order chi connectivity index (χ0) is 24.7. The molecule has 0 spiro atoms. The first-order valence-electron chi connectivity index (χ1n) is 13.1. The third-order valence-corrected chi connectivity index (χ3v) is 8.31. The van der Waals surface area contributed by atoms with Gasteiger partial charge in [-0.2, -0.15) is 0 Å². The number of fused-ring (bicyclic) bond motifs is 10. The van der Waals surface area contributed by atoms with Crippen molar-refractivity contribution in [2.45, 2.75) is 20.0 Å². The summed E-state index contributed by atoms with van der Waals surface area (Å²) in [5.41, 5.74) is 9.09. The smallest absolute Gasteiger partial charge is 0.0502 e. The Hall–Kier alpha value is -4.50. The summed E-state index contributed by atoms with van der Waals surface area (Å²) in [6.45, 7) is 4.03. The maximum atomic E-state index is 2.51. The first kappa shape index (κ1) is 20.7. The number of hydrogen-bond acceptors (Lipinski definition) is 0. The van der Waals surface area contributed by atoms with Gasteiger partial charge in [-0.15, -0.1) is 0 Å². The molecule has 0 radical (unpaired) electrons. The van der Waals surface area contributed by atoms with Crippen LogP contribution in [0.25, 0.3) is 65.4 Å². The van der Waals surface area contributed by atoms with Crippen molar-refractivity contribution in [3.63, 3.8) is 0 Å². The predicted molar refractivity (Wildman–Crippen MR) is 158 cm³/mol. The van der Waals surface area contributed by atoms with Gasteiger partial charge >= 0.3 is 0 Å². The van der Waals surface area contributed by atoms with E-state index < -0.39 is 0 Å². The van der Waals surface area contributed by atoms with Crippen molar-refractivity contribution in [1.82, 2.24) is 13.7 Å². The number of aryl methyl sites for hydroxylation is 2. The minimum atomic E-state index is 0.834. The fourth-order valence-electron chi connectivity index (χ4n) is 6.68. The number of para-hydroxylation sites is 3. The third kappa shape index (κ3) is 2.71. The first-order valence-corrected chi connectivity index (χ1v) is 13.1. The number of hydrogen-bond donors (Lipinski definition) is 0. The fraction of sp³-hybridized carbons (Fsp3) is 0.118. The molecule has 0 saturated carbocycles. The second-order valence-electron chi connectivity index (χ2n) is 10.1. The van der Waals surface area contributed by atoms with Crippen LogP contribution >= 0.6 is 0 Å². The van der Waals surface area contributed by atoms with E-state index in [1.54, 1.807) is 0 Å². The highest BCUT2D eigenvalue weighted by molar-refractivity contribution is 6.28. The Morgan fingerprint density at radius 1 is 0.486 bits per heavy atom. The minimum Gasteiger partial charge on any atom is -0.344 e. The molecule has 3 heteroatoms. The molecule has 8 aromatic rings. The van der Waals surface area contributed by atoms with Gasteiger partial charge in [0.1, 0.15) is 0 Å². The number of aromatic nitrogens is 3. The molecule has 3 nitrogen and oxygen atoms in total. The Kier molecular flexibility index (Phi) is 4.19. The van der Waals surface area contributed by atoms with E-state index in [-0.39, 0.29) is 0 Å². The topological polar surface area (TPSA) is 14.8 Å². The van der Waals surface area contributed by atoms with Gasteiger partial charge in [-0.1, -0.05) is 60.7 Å². The Bertz CT molecular complexity index is 2170. The van der Waals surface area contributed by atoms with E-state index in [0.717, 1.165) is 13.1 Å². The lowest BCUT2D eigenvalue weighted by molar-refractivity contribution is 0.827. The maximum Gasteiger partial charge on any atom is 0.0502 e. The molecule has 3 heterocycles. The maximum absolute atomic E-state index is 2.51. The summed E-state index contributed by atoms with van der Waals surface area (Å²) in [5, 5.41) is 8.04. The molecule has 3 aromatic heterocycles. The number of rotatable bonds is 3. The molecule has 0 aliphatic rings. The van der Waals surface area contributed by atoms with E-state index in [1.807, 2.05) is 0 Å². The average molecular weight is 478 g/mol. The van der Waals surface area contributed by atoms with E-state index in [4.69, 9.17) is 0 Å². The highest BCUT2D eigenvalue weighted by Crippen LogP contribution is 2.40. The Balaban J connectivity index is 1.42. The lowest BCUT2D eigenvalue weighted by Crippen LogP contribution is -1.99. The molecule has 0 bridgehead atoms. The van der Waals surface area contributed by atoms with E-state index in [9.17, 15) is 0 Å². The highest BCUT2D eigenvalue weighted by Gasteiger charge is 2.18. The SMILES string of the molecule is CCn1c2ccccc2c2c3c4ccccc4n(Cc4ccc5c(c4)c4ccccc4n5C)c3ccc21. The summed E-state index contributed by atoms with van der Waals surface area (Å²) in [4.78, 5) is 0. The molecule has 0 amide bonds. The van der Waals surface area contributed by atoms with Gasteiger partial charge in [0.25, 0.3) is 0 Å². The molecule has 8 rings (SSSR count). The van der Waals surface area contributed by atoms with Crippen LogP contribution in [0.5, 0.6) is 0 Å². The van der Waals surface area contributed by atoms with Gasteiger partial charge in [0, 0.05) is 80.0 Å². The van der Waals surface area contributed by atoms with Crippen molar-refractivity contribution in [3.8, 4) is 0 Å². The second-order valence-corrected chi connectivity index (χ2v) is 10.1. The van der Waals surface area contributed by atoms with Crippen LogP contribution in [0.1, 0.15) is 12.5 Å². The van der Waals surface area contributed by atoms with Gasteiger partial charge in [0.05, 0.1) is 5.52 Å². The summed E-state index contributed by atoms with van der Waals surface area (Å²) < 4.78 is 7.26. The van der Waals surface area contributed by atoms with Crippen LogP contribution in [-0.4, -0.2) is 13.7 Å². The molecule has 0 aliphatic heterocycles. The molecule has 37 heavy (non-hydrogen) atoms. The van der Waals surface area contributed by atoms with Crippen molar-refractivity contribution < 1.29 is 0 Å². The second kappa shape index (κ2) is 7.50. The number of benzene rings is 5. The summed E-state index contributed by atoms with van der Waals surface area (Å²) in [7, 11) is 2.16. The lowest BCUT2D eigenvalue weighted by Gasteiger charge is -2.09. The van der Waals surface area contributed by atoms with Crippen molar-refractivity contribution in [2.75, 3.05) is 0 Å². The standard InChI is InChI=1S/C34H27N3/c1-3-36-29-14-8-5-11-24(29)33-31(36)18-19-32-34(33)25-12-6-9-15-30(25)37(32)21-22-16-17-28-26(20-22)23-10-4-7-13-27(23)35(28)2/h4-20H,3,21H2,1-2H3. The summed E-state index contributed by atoms with van der Waals surface area (Å²) in [5.74, 6) is 0. The van der Waals surface area contributed by atoms with Crippen LogP contribution in [0.3, 0.4) is 0 Å². The molecule has 5 aromatic carbocycles. The Labute approximate surface area is 214 Å². The van der Waals surface area contributed by atoms with Gasteiger partial charge in [-0.3, -0.25) is 0 Å². The van der Waals surface area contributed by atoms with Crippen LogP contribution in [0, 0.1) is 0 Å². The lowest BCUT2D eigenvalue weighted by atomic mass is 10.1. The molecule has 178 valence electrons.